The molecule has 2 aromatic carbocycles. The summed E-state index contributed by atoms with van der Waals surface area (Å²) in [6.07, 6.45) is 4.35. The van der Waals surface area contributed by atoms with E-state index in [1.54, 1.807) is 48.5 Å². The number of ether oxygens (including phenoxy) is 1. The Morgan fingerprint density at radius 2 is 1.59 bits per heavy atom. The Bertz CT molecular complexity index is 869. The molecule has 1 aliphatic heterocycles. The number of carbonyl (C=O) groups excluding carboxylic acids is 3. The minimum absolute atomic E-state index is 0.0318. The average Bonchev–Trinajstić information content (AvgIpc) is 3.02. The minimum Gasteiger partial charge on any atom is -0.483 e. The van der Waals surface area contributed by atoms with E-state index in [1.165, 1.54) is 6.92 Å². The number of nitrogens with zero attached hydrogens (tertiary/aromatic N) is 1. The van der Waals surface area contributed by atoms with Crippen LogP contribution in [0.15, 0.2) is 48.5 Å². The summed E-state index contributed by atoms with van der Waals surface area (Å²) in [5.41, 5.74) is 1.51. The highest BCUT2D eigenvalue weighted by molar-refractivity contribution is 6.06. The quantitative estimate of drug-likeness (QED) is 0.754. The molecular formula is C23H26N2O4. The molecule has 0 atom stereocenters. The van der Waals surface area contributed by atoms with E-state index in [2.05, 4.69) is 5.32 Å². The average molecular weight is 394 g/mol. The van der Waals surface area contributed by atoms with Crippen molar-refractivity contribution in [3.8, 4) is 5.75 Å². The van der Waals surface area contributed by atoms with Crippen LogP contribution in [0.5, 0.6) is 5.75 Å². The van der Waals surface area contributed by atoms with Crippen molar-refractivity contribution in [1.82, 2.24) is 4.90 Å². The molecule has 0 saturated carbocycles. The van der Waals surface area contributed by atoms with Gasteiger partial charge >= 0.3 is 0 Å². The predicted molar refractivity (Wildman–Crippen MR) is 111 cm³/mol. The first kappa shape index (κ1) is 20.6. The fourth-order valence-corrected chi connectivity index (χ4v) is 3.32. The Morgan fingerprint density at radius 1 is 0.931 bits per heavy atom. The summed E-state index contributed by atoms with van der Waals surface area (Å²) in [5, 5.41) is 2.80. The van der Waals surface area contributed by atoms with Crippen LogP contribution in [-0.2, 0) is 4.79 Å². The van der Waals surface area contributed by atoms with Crippen LogP contribution in [0, 0.1) is 0 Å². The van der Waals surface area contributed by atoms with Crippen molar-refractivity contribution >= 4 is 23.3 Å². The zero-order chi connectivity index (χ0) is 20.6. The lowest BCUT2D eigenvalue weighted by atomic mass is 10.1. The van der Waals surface area contributed by atoms with Gasteiger partial charge in [0, 0.05) is 24.3 Å². The molecule has 6 heteroatoms. The number of nitrogens with one attached hydrogen (secondary N) is 1. The van der Waals surface area contributed by atoms with Gasteiger partial charge in [-0.05, 0) is 56.2 Å². The zero-order valence-electron chi connectivity index (χ0n) is 16.6. The lowest BCUT2D eigenvalue weighted by Gasteiger charge is -2.20. The van der Waals surface area contributed by atoms with Crippen molar-refractivity contribution in [3.05, 3.63) is 59.7 Å². The van der Waals surface area contributed by atoms with Crippen molar-refractivity contribution in [2.45, 2.75) is 32.6 Å². The molecule has 1 fully saturated rings. The van der Waals surface area contributed by atoms with E-state index >= 15 is 0 Å². The molecule has 0 unspecified atom stereocenters. The predicted octanol–water partition coefficient (Wildman–Crippen LogP) is 3.92. The van der Waals surface area contributed by atoms with E-state index in [9.17, 15) is 14.4 Å². The first-order valence-corrected chi connectivity index (χ1v) is 9.96. The third-order valence-electron chi connectivity index (χ3n) is 4.99. The monoisotopic (exact) mass is 394 g/mol. The lowest BCUT2D eigenvalue weighted by Crippen LogP contribution is -2.35. The van der Waals surface area contributed by atoms with Crippen LogP contribution in [0.3, 0.4) is 0 Å². The molecule has 0 bridgehead atoms. The van der Waals surface area contributed by atoms with Gasteiger partial charge in [-0.3, -0.25) is 14.4 Å². The van der Waals surface area contributed by atoms with Gasteiger partial charge in [0.2, 0.25) is 0 Å². The van der Waals surface area contributed by atoms with Crippen LogP contribution >= 0.6 is 0 Å². The van der Waals surface area contributed by atoms with Crippen molar-refractivity contribution in [2.75, 3.05) is 25.0 Å². The molecule has 1 aliphatic rings. The Morgan fingerprint density at radius 3 is 2.24 bits per heavy atom. The summed E-state index contributed by atoms with van der Waals surface area (Å²) in [7, 11) is 0. The van der Waals surface area contributed by atoms with E-state index in [-0.39, 0.29) is 24.2 Å². The van der Waals surface area contributed by atoms with Crippen molar-refractivity contribution in [3.63, 3.8) is 0 Å². The number of hydrogen-bond donors (Lipinski definition) is 1. The number of carbonyl (C=O) groups is 3. The Hall–Kier alpha value is -3.15. The maximum absolute atomic E-state index is 12.7. The molecule has 152 valence electrons. The molecule has 6 nitrogen and oxygen atoms in total. The summed E-state index contributed by atoms with van der Waals surface area (Å²) < 4.78 is 5.71. The van der Waals surface area contributed by atoms with Gasteiger partial charge < -0.3 is 15.0 Å². The maximum atomic E-state index is 12.7. The van der Waals surface area contributed by atoms with Crippen LogP contribution in [-0.4, -0.2) is 42.2 Å². The molecule has 0 spiro atoms. The number of benzene rings is 2. The molecule has 3 rings (SSSR count). The first-order chi connectivity index (χ1) is 14.0. The lowest BCUT2D eigenvalue weighted by molar-refractivity contribution is -0.133. The number of Topliss-reactive ketones (excluding diaryl/α,β-unsaturated/α-hetero) is 1. The molecule has 1 heterocycles. The maximum Gasteiger partial charge on any atom is 0.260 e. The van der Waals surface area contributed by atoms with Crippen LogP contribution in [0.1, 0.15) is 53.3 Å². The van der Waals surface area contributed by atoms with Crippen LogP contribution < -0.4 is 10.1 Å². The van der Waals surface area contributed by atoms with Crippen molar-refractivity contribution < 1.29 is 19.1 Å². The summed E-state index contributed by atoms with van der Waals surface area (Å²) in [4.78, 5) is 38.4. The number of para-hydroxylation sites is 1. The number of hydrogen-bond acceptors (Lipinski definition) is 4. The van der Waals surface area contributed by atoms with Gasteiger partial charge in [-0.1, -0.05) is 25.0 Å². The third kappa shape index (κ3) is 5.67. The Labute approximate surface area is 170 Å². The Kier molecular flexibility index (Phi) is 7.00. The molecular weight excluding hydrogens is 368 g/mol. The van der Waals surface area contributed by atoms with Gasteiger partial charge in [0.05, 0.1) is 5.56 Å². The van der Waals surface area contributed by atoms with Gasteiger partial charge in [0.25, 0.3) is 11.8 Å². The highest BCUT2D eigenvalue weighted by atomic mass is 16.5. The number of likely N-dealkylation sites (tertiary alicyclic amines) is 1. The number of amides is 2. The summed E-state index contributed by atoms with van der Waals surface area (Å²) in [6, 6.07) is 13.6. The smallest absolute Gasteiger partial charge is 0.260 e. The topological polar surface area (TPSA) is 75.7 Å². The van der Waals surface area contributed by atoms with Gasteiger partial charge in [0.15, 0.2) is 12.4 Å². The molecule has 0 aliphatic carbocycles. The highest BCUT2D eigenvalue weighted by Gasteiger charge is 2.18. The zero-order valence-corrected chi connectivity index (χ0v) is 16.6. The largest absolute Gasteiger partial charge is 0.483 e. The van der Waals surface area contributed by atoms with Crippen LogP contribution in [0.4, 0.5) is 5.69 Å². The summed E-state index contributed by atoms with van der Waals surface area (Å²) >= 11 is 0. The first-order valence-electron chi connectivity index (χ1n) is 9.96. The summed E-state index contributed by atoms with van der Waals surface area (Å²) in [6.45, 7) is 2.94. The van der Waals surface area contributed by atoms with Crippen molar-refractivity contribution in [2.24, 2.45) is 0 Å². The number of ketones is 1. The fourth-order valence-electron chi connectivity index (χ4n) is 3.32. The number of rotatable bonds is 6. The molecule has 1 saturated heterocycles. The second-order valence-corrected chi connectivity index (χ2v) is 7.17. The summed E-state index contributed by atoms with van der Waals surface area (Å²) in [5.74, 6) is -0.0513. The van der Waals surface area contributed by atoms with E-state index < -0.39 is 0 Å². The Balaban J connectivity index is 1.63. The van der Waals surface area contributed by atoms with E-state index in [4.69, 9.17) is 4.74 Å². The molecule has 2 amide bonds. The minimum atomic E-state index is -0.335. The van der Waals surface area contributed by atoms with Gasteiger partial charge in [0.1, 0.15) is 5.75 Å². The normalized spacial score (nSPS) is 14.0. The molecule has 0 radical (unpaired) electrons. The van der Waals surface area contributed by atoms with E-state index in [1.807, 2.05) is 4.90 Å². The van der Waals surface area contributed by atoms with E-state index in [0.717, 1.165) is 38.8 Å². The molecule has 29 heavy (non-hydrogen) atoms. The van der Waals surface area contributed by atoms with Gasteiger partial charge in [-0.15, -0.1) is 0 Å². The number of anilines is 1. The van der Waals surface area contributed by atoms with Crippen LogP contribution in [0.25, 0.3) is 0 Å². The van der Waals surface area contributed by atoms with Crippen LogP contribution in [0.2, 0.25) is 0 Å². The van der Waals surface area contributed by atoms with E-state index in [0.29, 0.717) is 22.6 Å². The molecule has 1 N–H and O–H groups in total. The SMILES string of the molecule is CC(=O)c1ccc(NC(=O)c2ccccc2OCC(=O)N2CCCCCC2)cc1. The van der Waals surface area contributed by atoms with Gasteiger partial charge in [-0.2, -0.15) is 0 Å². The molecule has 2 aromatic rings. The second kappa shape index (κ2) is 9.87. The fraction of sp³-hybridized carbons (Fsp3) is 0.348. The van der Waals surface area contributed by atoms with Gasteiger partial charge in [-0.25, -0.2) is 0 Å². The molecule has 0 aromatic heterocycles. The standard InChI is InChI=1S/C23H26N2O4/c1-17(26)18-10-12-19(13-11-18)24-23(28)20-8-4-5-9-21(20)29-16-22(27)25-14-6-2-3-7-15-25/h4-5,8-13H,2-3,6-7,14-16H2,1H3,(H,24,28). The van der Waals surface area contributed by atoms with Crippen molar-refractivity contribution in [1.29, 1.82) is 0 Å². The third-order valence-corrected chi connectivity index (χ3v) is 4.99. The second-order valence-electron chi connectivity index (χ2n) is 7.17. The highest BCUT2D eigenvalue weighted by Crippen LogP contribution is 2.20.